The molecule has 0 aromatic heterocycles. The van der Waals surface area contributed by atoms with E-state index in [9.17, 15) is 0 Å². The second-order valence-electron chi connectivity index (χ2n) is 11.1. The van der Waals surface area contributed by atoms with E-state index < -0.39 is 0 Å². The van der Waals surface area contributed by atoms with Crippen LogP contribution in [0.1, 0.15) is 49.7 Å². The summed E-state index contributed by atoms with van der Waals surface area (Å²) in [6.45, 7) is 5.33. The van der Waals surface area contributed by atoms with Gasteiger partial charge in [0.15, 0.2) is 14.7 Å². The van der Waals surface area contributed by atoms with Crippen LogP contribution >= 0.6 is 0 Å². The first kappa shape index (κ1) is 22.3. The van der Waals surface area contributed by atoms with Gasteiger partial charge in [-0.2, -0.15) is 0 Å². The van der Waals surface area contributed by atoms with Crippen molar-refractivity contribution in [3.05, 3.63) is 83.9 Å². The van der Waals surface area contributed by atoms with Gasteiger partial charge in [0.1, 0.15) is 5.75 Å². The summed E-state index contributed by atoms with van der Waals surface area (Å²) in [5.41, 5.74) is 2.54. The molecule has 34 heavy (non-hydrogen) atoms. The lowest BCUT2D eigenvalue weighted by atomic mass is 9.51. The SMILES string of the molecule is Cc1cc([S+](c2ccccc2)c2ccccc2)cc(C)c1OCCC1C2CC3CC(C2)CC1C3. The fourth-order valence-electron chi connectivity index (χ4n) is 7.58. The van der Waals surface area contributed by atoms with Crippen LogP contribution in [0, 0.1) is 43.4 Å². The summed E-state index contributed by atoms with van der Waals surface area (Å²) in [6, 6.07) is 26.6. The predicted octanol–water partition coefficient (Wildman–Crippen LogP) is 8.24. The van der Waals surface area contributed by atoms with E-state index in [1.807, 2.05) is 0 Å². The summed E-state index contributed by atoms with van der Waals surface area (Å²) >= 11 is 0. The number of aryl methyl sites for hydroxylation is 2. The monoisotopic (exact) mass is 469 g/mol. The molecule has 4 fully saturated rings. The van der Waals surface area contributed by atoms with Crippen LogP contribution in [0.25, 0.3) is 0 Å². The molecule has 0 radical (unpaired) electrons. The highest BCUT2D eigenvalue weighted by molar-refractivity contribution is 7.97. The molecule has 0 unspecified atom stereocenters. The highest BCUT2D eigenvalue weighted by Crippen LogP contribution is 2.57. The van der Waals surface area contributed by atoms with E-state index in [4.69, 9.17) is 4.74 Å². The van der Waals surface area contributed by atoms with Crippen molar-refractivity contribution in [2.24, 2.45) is 29.6 Å². The molecule has 1 nitrogen and oxygen atoms in total. The second-order valence-corrected chi connectivity index (χ2v) is 13.1. The van der Waals surface area contributed by atoms with Crippen molar-refractivity contribution >= 4 is 10.9 Å². The summed E-state index contributed by atoms with van der Waals surface area (Å²) in [5, 5.41) is 0. The molecule has 0 amide bonds. The summed E-state index contributed by atoms with van der Waals surface area (Å²) in [6.07, 6.45) is 8.80. The Kier molecular flexibility index (Phi) is 6.20. The molecule has 7 rings (SSSR count). The minimum absolute atomic E-state index is 0.111. The van der Waals surface area contributed by atoms with E-state index in [0.717, 1.165) is 41.9 Å². The summed E-state index contributed by atoms with van der Waals surface area (Å²) in [7, 11) is -0.111. The van der Waals surface area contributed by atoms with Crippen molar-refractivity contribution in [1.82, 2.24) is 0 Å². The molecular weight excluding hydrogens is 432 g/mol. The van der Waals surface area contributed by atoms with Gasteiger partial charge in [0, 0.05) is 12.1 Å². The van der Waals surface area contributed by atoms with Gasteiger partial charge >= 0.3 is 0 Å². The van der Waals surface area contributed by atoms with E-state index in [2.05, 4.69) is 86.6 Å². The fourth-order valence-corrected chi connectivity index (χ4v) is 9.85. The Bertz CT molecular complexity index is 1030. The molecule has 0 saturated heterocycles. The van der Waals surface area contributed by atoms with Crippen LogP contribution in [-0.4, -0.2) is 6.61 Å². The number of hydrogen-bond acceptors (Lipinski definition) is 1. The maximum absolute atomic E-state index is 6.52. The second kappa shape index (κ2) is 9.46. The van der Waals surface area contributed by atoms with Crippen LogP contribution in [0.4, 0.5) is 0 Å². The first-order valence-electron chi connectivity index (χ1n) is 13.2. The van der Waals surface area contributed by atoms with Crippen molar-refractivity contribution in [2.45, 2.75) is 67.1 Å². The predicted molar refractivity (Wildman–Crippen MR) is 142 cm³/mol. The molecule has 0 heterocycles. The van der Waals surface area contributed by atoms with Gasteiger partial charge < -0.3 is 4.74 Å². The smallest absolute Gasteiger partial charge is 0.167 e. The largest absolute Gasteiger partial charge is 0.493 e. The molecule has 2 heteroatoms. The summed E-state index contributed by atoms with van der Waals surface area (Å²) in [5.74, 6) is 6.11. The van der Waals surface area contributed by atoms with Crippen LogP contribution < -0.4 is 4.74 Å². The van der Waals surface area contributed by atoms with Crippen LogP contribution in [0.3, 0.4) is 0 Å². The zero-order valence-electron chi connectivity index (χ0n) is 20.6. The van der Waals surface area contributed by atoms with E-state index in [1.165, 1.54) is 64.3 Å². The standard InChI is InChI=1S/C32H37OS/c1-22-15-30(34(28-9-5-3-6-10-28)29-11-7-4-8-12-29)16-23(2)32(22)33-14-13-31-26-18-24-17-25(20-26)21-27(31)19-24/h3-12,15-16,24-27,31H,13-14,17-21H2,1-2H3/q+1. The quantitative estimate of drug-likeness (QED) is 0.317. The third-order valence-electron chi connectivity index (χ3n) is 8.75. The molecule has 4 aliphatic rings. The number of ether oxygens (including phenoxy) is 1. The Morgan fingerprint density at radius 1 is 0.676 bits per heavy atom. The zero-order valence-corrected chi connectivity index (χ0v) is 21.4. The van der Waals surface area contributed by atoms with E-state index in [1.54, 1.807) is 0 Å². The number of rotatable bonds is 7. The van der Waals surface area contributed by atoms with Gasteiger partial charge in [-0.15, -0.1) is 0 Å². The molecule has 0 spiro atoms. The average molecular weight is 470 g/mol. The highest BCUT2D eigenvalue weighted by Gasteiger charge is 2.47. The molecule has 4 saturated carbocycles. The molecule has 0 atom stereocenters. The van der Waals surface area contributed by atoms with Crippen LogP contribution in [0.15, 0.2) is 87.5 Å². The molecule has 0 aliphatic heterocycles. The molecule has 3 aromatic carbocycles. The topological polar surface area (TPSA) is 9.23 Å². The molecule has 0 N–H and O–H groups in total. The molecule has 4 bridgehead atoms. The first-order chi connectivity index (χ1) is 16.7. The Hall–Kier alpha value is -2.19. The Morgan fingerprint density at radius 3 is 1.68 bits per heavy atom. The van der Waals surface area contributed by atoms with Crippen molar-refractivity contribution in [3.8, 4) is 5.75 Å². The van der Waals surface area contributed by atoms with Gasteiger partial charge in [-0.3, -0.25) is 0 Å². The van der Waals surface area contributed by atoms with Gasteiger partial charge in [-0.25, -0.2) is 0 Å². The summed E-state index contributed by atoms with van der Waals surface area (Å²) in [4.78, 5) is 4.10. The number of hydrogen-bond donors (Lipinski definition) is 0. The third-order valence-corrected chi connectivity index (χ3v) is 10.9. The maximum atomic E-state index is 6.52. The van der Waals surface area contributed by atoms with Crippen molar-refractivity contribution in [3.63, 3.8) is 0 Å². The van der Waals surface area contributed by atoms with Crippen molar-refractivity contribution < 1.29 is 4.74 Å². The number of benzene rings is 3. The van der Waals surface area contributed by atoms with Crippen LogP contribution in [-0.2, 0) is 10.9 Å². The summed E-state index contributed by atoms with van der Waals surface area (Å²) < 4.78 is 6.52. The minimum Gasteiger partial charge on any atom is -0.493 e. The van der Waals surface area contributed by atoms with Crippen molar-refractivity contribution in [1.29, 1.82) is 0 Å². The highest BCUT2D eigenvalue weighted by atomic mass is 32.2. The maximum Gasteiger partial charge on any atom is 0.167 e. The molecule has 3 aromatic rings. The fraction of sp³-hybridized carbons (Fsp3) is 0.438. The minimum atomic E-state index is -0.111. The Balaban J connectivity index is 1.20. The lowest BCUT2D eigenvalue weighted by Gasteiger charge is -2.54. The van der Waals surface area contributed by atoms with E-state index in [0.29, 0.717) is 0 Å². The third kappa shape index (κ3) is 4.31. The average Bonchev–Trinajstić information content (AvgIpc) is 2.83. The first-order valence-corrected chi connectivity index (χ1v) is 14.5. The lowest BCUT2D eigenvalue weighted by molar-refractivity contribution is -0.0436. The van der Waals surface area contributed by atoms with Gasteiger partial charge in [0.2, 0.25) is 0 Å². The van der Waals surface area contributed by atoms with E-state index in [-0.39, 0.29) is 10.9 Å². The normalized spacial score (nSPS) is 27.3. The molecule has 176 valence electrons. The molecular formula is C32H37OS+. The van der Waals surface area contributed by atoms with Gasteiger partial charge in [-0.1, -0.05) is 36.4 Å². The van der Waals surface area contributed by atoms with Gasteiger partial charge in [-0.05, 0) is 117 Å². The van der Waals surface area contributed by atoms with Crippen LogP contribution in [0.5, 0.6) is 5.75 Å². The Morgan fingerprint density at radius 2 is 1.18 bits per heavy atom. The lowest BCUT2D eigenvalue weighted by Crippen LogP contribution is -2.45. The molecule has 4 aliphatic carbocycles. The van der Waals surface area contributed by atoms with Gasteiger partial charge in [0.05, 0.1) is 17.5 Å². The van der Waals surface area contributed by atoms with Gasteiger partial charge in [0.25, 0.3) is 0 Å². The van der Waals surface area contributed by atoms with E-state index >= 15 is 0 Å². The van der Waals surface area contributed by atoms with Crippen molar-refractivity contribution in [2.75, 3.05) is 6.61 Å². The zero-order chi connectivity index (χ0) is 23.1. The Labute approximate surface area is 208 Å². The van der Waals surface area contributed by atoms with Crippen LogP contribution in [0.2, 0.25) is 0 Å².